The van der Waals surface area contributed by atoms with E-state index in [-0.39, 0.29) is 45.2 Å². The number of benzene rings is 5. The Morgan fingerprint density at radius 3 is 1.51 bits per heavy atom. The third-order valence-electron chi connectivity index (χ3n) is 14.3. The topological polar surface area (TPSA) is 221 Å². The number of amides is 1. The molecule has 1 amide bonds. The molecule has 8 rings (SSSR count). The van der Waals surface area contributed by atoms with Crippen molar-refractivity contribution in [2.75, 3.05) is 19.8 Å². The van der Waals surface area contributed by atoms with Crippen molar-refractivity contribution in [1.29, 1.82) is 0 Å². The van der Waals surface area contributed by atoms with Crippen molar-refractivity contribution in [3.05, 3.63) is 179 Å². The van der Waals surface area contributed by atoms with Crippen LogP contribution in [0.5, 0.6) is 0 Å². The summed E-state index contributed by atoms with van der Waals surface area (Å²) < 4.78 is 85.4. The summed E-state index contributed by atoms with van der Waals surface area (Å²) in [4.78, 5) is 54.1. The van der Waals surface area contributed by atoms with Crippen molar-refractivity contribution in [2.45, 2.75) is 172 Å². The third-order valence-corrected chi connectivity index (χ3v) is 16.0. The van der Waals surface area contributed by atoms with Gasteiger partial charge in [-0.1, -0.05) is 159 Å². The molecule has 5 aromatic carbocycles. The molecule has 0 bridgehead atoms. The molecular formula is C64H79NO18Si. The second kappa shape index (κ2) is 31.2. The number of carbonyl (C=O) groups is 4. The minimum atomic E-state index is -1.69. The number of carbonyl (C=O) groups excluding carboxylic acids is 4. The van der Waals surface area contributed by atoms with Gasteiger partial charge in [-0.2, -0.15) is 0 Å². The molecule has 0 aliphatic carbocycles. The summed E-state index contributed by atoms with van der Waals surface area (Å²) in [7, 11) is -1.69. The molecule has 0 unspecified atom stereocenters. The van der Waals surface area contributed by atoms with Crippen LogP contribution >= 0.6 is 0 Å². The van der Waals surface area contributed by atoms with Crippen molar-refractivity contribution in [1.82, 2.24) is 5.32 Å². The lowest BCUT2D eigenvalue weighted by Gasteiger charge is -2.51. The van der Waals surface area contributed by atoms with E-state index in [1.807, 2.05) is 121 Å². The maximum Gasteiger partial charge on any atom is 0.338 e. The maximum absolute atomic E-state index is 14.3. The number of aliphatic hydroxyl groups excluding tert-OH is 1. The lowest BCUT2D eigenvalue weighted by molar-refractivity contribution is -0.370. The number of esters is 3. The standard InChI is InChI=1S/C64H79NO18Si/c1-41-54(74-36-46-25-15-9-16-26-46)59(60(64(77-41)72-33-34-84(5,6)7)81-61(70)49-31-21-12-22-32-49)83-62-52(65-42(2)66)57(56(78-44(4)68)51(79-62)40-73-43(3)67)82-63-53(69)58(76-38-48-29-19-11-20-30-48)55(75-37-47-27-17-10-18-28-47)50(80-63)39-71-35-45-23-13-8-14-24-45/h8-32,41,50-60,62-64,69H,33-40H2,1-7H3,(H,65,66)/t41-,50+,51+,52+,53+,54-,55+,56+,57+,58+,59+,60+,62+,63-,64+/m0/s1. The largest absolute Gasteiger partial charge is 0.463 e. The van der Waals surface area contributed by atoms with Crippen LogP contribution in [0.3, 0.4) is 0 Å². The smallest absolute Gasteiger partial charge is 0.338 e. The summed E-state index contributed by atoms with van der Waals surface area (Å²) in [6.45, 7) is 12.1. The van der Waals surface area contributed by atoms with Crippen LogP contribution in [0.25, 0.3) is 0 Å². The van der Waals surface area contributed by atoms with Crippen LogP contribution in [0.1, 0.15) is 60.3 Å². The fraction of sp³-hybridized carbons (Fsp3) is 0.469. The van der Waals surface area contributed by atoms with Gasteiger partial charge in [0, 0.05) is 35.5 Å². The number of nitrogens with one attached hydrogen (secondary N) is 1. The van der Waals surface area contributed by atoms with Crippen molar-refractivity contribution in [3.63, 3.8) is 0 Å². The Labute approximate surface area is 492 Å². The summed E-state index contributed by atoms with van der Waals surface area (Å²) >= 11 is 0. The lowest BCUT2D eigenvalue weighted by atomic mass is 9.94. The highest BCUT2D eigenvalue weighted by atomic mass is 28.3. The van der Waals surface area contributed by atoms with E-state index in [2.05, 4.69) is 25.0 Å². The van der Waals surface area contributed by atoms with Crippen LogP contribution in [-0.2, 0) is 102 Å². The van der Waals surface area contributed by atoms with Crippen LogP contribution in [0.4, 0.5) is 0 Å². The molecule has 0 radical (unpaired) electrons. The van der Waals surface area contributed by atoms with Crippen LogP contribution < -0.4 is 5.32 Å². The van der Waals surface area contributed by atoms with Gasteiger partial charge in [0.05, 0.1) is 44.7 Å². The Hall–Kier alpha value is -6.24. The Morgan fingerprint density at radius 2 is 0.988 bits per heavy atom. The van der Waals surface area contributed by atoms with E-state index in [4.69, 9.17) is 61.6 Å². The van der Waals surface area contributed by atoms with Crippen molar-refractivity contribution in [2.24, 2.45) is 0 Å². The van der Waals surface area contributed by atoms with Gasteiger partial charge in [0.25, 0.3) is 0 Å². The van der Waals surface area contributed by atoms with Gasteiger partial charge >= 0.3 is 17.9 Å². The summed E-state index contributed by atoms with van der Waals surface area (Å²) in [5, 5.41) is 15.7. The minimum absolute atomic E-state index is 0.0379. The predicted octanol–water partition coefficient (Wildman–Crippen LogP) is 7.87. The first-order chi connectivity index (χ1) is 40.5. The molecule has 84 heavy (non-hydrogen) atoms. The Kier molecular flexibility index (Phi) is 23.7. The van der Waals surface area contributed by atoms with E-state index in [1.165, 1.54) is 20.8 Å². The molecule has 2 N–H and O–H groups in total. The third kappa shape index (κ3) is 18.6. The molecule has 15 atom stereocenters. The Bertz CT molecular complexity index is 2800. The molecular weight excluding hydrogens is 1100 g/mol. The number of aliphatic hydroxyl groups is 1. The first kappa shape index (κ1) is 63.8. The van der Waals surface area contributed by atoms with Gasteiger partial charge in [0.15, 0.2) is 31.1 Å². The predicted molar refractivity (Wildman–Crippen MR) is 308 cm³/mol. The minimum Gasteiger partial charge on any atom is -0.463 e. The van der Waals surface area contributed by atoms with Gasteiger partial charge < -0.3 is 72.0 Å². The van der Waals surface area contributed by atoms with E-state index >= 15 is 0 Å². The average molecular weight is 1180 g/mol. The highest BCUT2D eigenvalue weighted by molar-refractivity contribution is 6.76. The molecule has 19 nitrogen and oxygen atoms in total. The van der Waals surface area contributed by atoms with Crippen LogP contribution in [0.2, 0.25) is 25.7 Å². The SMILES string of the molecule is CC(=O)N[C@H]1[C@@H](O[C@@H]2[C@@H](OCc3ccccc3)[C@H](C)O[C@@H](OCC[Si](C)(C)C)[C@@H]2OC(=O)c2ccccc2)O[C@H](COC(C)=O)[C@@H](OC(C)=O)[C@@H]1O[C@@H]1O[C@H](COCc2ccccc2)[C@@H](OCc2ccccc2)[C@H](OCc2ccccc2)[C@H]1O. The molecule has 3 saturated heterocycles. The summed E-state index contributed by atoms with van der Waals surface area (Å²) in [5.74, 6) is -2.80. The zero-order valence-corrected chi connectivity index (χ0v) is 49.6. The summed E-state index contributed by atoms with van der Waals surface area (Å²) in [6.07, 6.45) is -18.2. The van der Waals surface area contributed by atoms with E-state index in [0.717, 1.165) is 28.3 Å². The number of rotatable bonds is 27. The molecule has 0 saturated carbocycles. The van der Waals surface area contributed by atoms with Crippen molar-refractivity contribution < 1.29 is 85.9 Å². The maximum atomic E-state index is 14.3. The van der Waals surface area contributed by atoms with Crippen LogP contribution in [0, 0.1) is 0 Å². The van der Waals surface area contributed by atoms with Gasteiger partial charge in [0.1, 0.15) is 61.5 Å². The molecule has 3 aliphatic rings. The fourth-order valence-corrected chi connectivity index (χ4v) is 10.8. The molecule has 452 valence electrons. The van der Waals surface area contributed by atoms with Gasteiger partial charge in [-0.05, 0) is 47.4 Å². The van der Waals surface area contributed by atoms with Gasteiger partial charge in [-0.3, -0.25) is 14.4 Å². The molecule has 3 aliphatic heterocycles. The average Bonchev–Trinajstić information content (AvgIpc) is 3.27. The fourth-order valence-electron chi connectivity index (χ4n) is 10.1. The second-order valence-electron chi connectivity index (χ2n) is 22.3. The van der Waals surface area contributed by atoms with Crippen LogP contribution in [0.15, 0.2) is 152 Å². The highest BCUT2D eigenvalue weighted by Gasteiger charge is 2.57. The van der Waals surface area contributed by atoms with E-state index in [1.54, 1.807) is 37.3 Å². The Balaban J connectivity index is 1.21. The molecule has 0 spiro atoms. The van der Waals surface area contributed by atoms with Gasteiger partial charge in [0.2, 0.25) is 5.91 Å². The molecule has 0 aromatic heterocycles. The van der Waals surface area contributed by atoms with Gasteiger partial charge in [-0.25, -0.2) is 4.79 Å². The molecule has 3 fully saturated rings. The second-order valence-corrected chi connectivity index (χ2v) is 27.9. The molecule has 3 heterocycles. The first-order valence-electron chi connectivity index (χ1n) is 28.5. The van der Waals surface area contributed by atoms with E-state index < -0.39 is 131 Å². The van der Waals surface area contributed by atoms with Gasteiger partial charge in [-0.15, -0.1) is 0 Å². The van der Waals surface area contributed by atoms with E-state index in [0.29, 0.717) is 0 Å². The highest BCUT2D eigenvalue weighted by Crippen LogP contribution is 2.38. The number of hydrogen-bond donors (Lipinski definition) is 2. The van der Waals surface area contributed by atoms with Crippen molar-refractivity contribution in [3.8, 4) is 0 Å². The summed E-state index contributed by atoms with van der Waals surface area (Å²) in [6, 6.07) is 45.6. The zero-order valence-electron chi connectivity index (χ0n) is 48.6. The Morgan fingerprint density at radius 1 is 0.500 bits per heavy atom. The van der Waals surface area contributed by atoms with Crippen molar-refractivity contribution >= 4 is 31.9 Å². The van der Waals surface area contributed by atoms with Crippen LogP contribution in [-0.4, -0.2) is 149 Å². The quantitative estimate of drug-likeness (QED) is 0.0290. The lowest BCUT2D eigenvalue weighted by Crippen LogP contribution is -2.70. The monoisotopic (exact) mass is 1180 g/mol. The number of ether oxygens (including phenoxy) is 13. The first-order valence-corrected chi connectivity index (χ1v) is 32.2. The number of hydrogen-bond acceptors (Lipinski definition) is 18. The molecule has 5 aromatic rings. The zero-order chi connectivity index (χ0) is 59.6. The normalized spacial score (nSPS) is 27.9. The van der Waals surface area contributed by atoms with E-state index in [9.17, 15) is 24.3 Å². The summed E-state index contributed by atoms with van der Waals surface area (Å²) in [5.41, 5.74) is 3.58. The molecule has 20 heteroatoms.